The van der Waals surface area contributed by atoms with Crippen LogP contribution in [0.3, 0.4) is 0 Å². The summed E-state index contributed by atoms with van der Waals surface area (Å²) in [5.41, 5.74) is 0.319. The summed E-state index contributed by atoms with van der Waals surface area (Å²) >= 11 is 12.0. The van der Waals surface area contributed by atoms with Gasteiger partial charge in [-0.2, -0.15) is 4.31 Å². The van der Waals surface area contributed by atoms with E-state index in [1.54, 1.807) is 17.0 Å². The maximum atomic E-state index is 12.7. The molecule has 134 valence electrons. The lowest BCUT2D eigenvalue weighted by molar-refractivity contribution is 0.0764. The second-order valence-corrected chi connectivity index (χ2v) is 8.34. The van der Waals surface area contributed by atoms with E-state index in [9.17, 15) is 13.2 Å². The molecule has 1 N–H and O–H groups in total. The predicted octanol–water partition coefficient (Wildman–Crippen LogP) is 2.25. The molecule has 0 spiro atoms. The predicted molar refractivity (Wildman–Crippen MR) is 94.3 cm³/mol. The molecular weight excluding hydrogens is 387 g/mol. The summed E-state index contributed by atoms with van der Waals surface area (Å²) in [6.45, 7) is 1.24. The van der Waals surface area contributed by atoms with Crippen LogP contribution in [0.5, 0.6) is 0 Å². The number of aromatic nitrogens is 2. The molecule has 1 aromatic heterocycles. The summed E-state index contributed by atoms with van der Waals surface area (Å²) in [5.74, 6) is -0.256. The summed E-state index contributed by atoms with van der Waals surface area (Å²) in [6.07, 6.45) is 3.12. The van der Waals surface area contributed by atoms with Crippen molar-refractivity contribution >= 4 is 39.1 Å². The highest BCUT2D eigenvalue weighted by Crippen LogP contribution is 2.23. The number of sulfonamides is 1. The number of nitrogens with one attached hydrogen (secondary N) is 1. The van der Waals surface area contributed by atoms with Crippen LogP contribution < -0.4 is 0 Å². The molecule has 25 heavy (non-hydrogen) atoms. The van der Waals surface area contributed by atoms with Gasteiger partial charge in [0.05, 0.1) is 23.1 Å². The number of benzene rings is 1. The van der Waals surface area contributed by atoms with Gasteiger partial charge in [0.1, 0.15) is 0 Å². The molecule has 0 saturated carbocycles. The third kappa shape index (κ3) is 3.82. The van der Waals surface area contributed by atoms with Crippen LogP contribution in [-0.4, -0.2) is 59.7 Å². The molecule has 1 fully saturated rings. The molecule has 1 aromatic carbocycles. The fraction of sp³-hybridized carbons (Fsp3) is 0.333. The van der Waals surface area contributed by atoms with E-state index in [0.29, 0.717) is 35.1 Å². The molecule has 0 bridgehead atoms. The Kier molecular flexibility index (Phi) is 5.33. The van der Waals surface area contributed by atoms with Gasteiger partial charge in [0.2, 0.25) is 0 Å². The minimum atomic E-state index is -3.64. The summed E-state index contributed by atoms with van der Waals surface area (Å²) in [7, 11) is -3.64. The largest absolute Gasteiger partial charge is 0.337 e. The summed E-state index contributed by atoms with van der Waals surface area (Å²) in [5, 5.41) is 0.789. The summed E-state index contributed by atoms with van der Waals surface area (Å²) in [6, 6.07) is 4.71. The van der Waals surface area contributed by atoms with Crippen molar-refractivity contribution in [1.82, 2.24) is 19.2 Å². The van der Waals surface area contributed by atoms with E-state index in [0.717, 1.165) is 0 Å². The lowest BCUT2D eigenvalue weighted by atomic mass is 10.2. The lowest BCUT2D eigenvalue weighted by Crippen LogP contribution is -2.37. The number of nitrogens with zero attached hydrogens (tertiary/aromatic N) is 3. The highest BCUT2D eigenvalue weighted by atomic mass is 35.5. The maximum Gasteiger partial charge on any atom is 0.260 e. The molecule has 0 atom stereocenters. The van der Waals surface area contributed by atoms with Crippen LogP contribution in [0.25, 0.3) is 0 Å². The van der Waals surface area contributed by atoms with E-state index < -0.39 is 10.0 Å². The van der Waals surface area contributed by atoms with Crippen molar-refractivity contribution in [3.8, 4) is 0 Å². The molecule has 0 unspecified atom stereocenters. The molecular formula is C15H16Cl2N4O3S. The Morgan fingerprint density at radius 2 is 1.96 bits per heavy atom. The van der Waals surface area contributed by atoms with Gasteiger partial charge in [-0.1, -0.05) is 23.2 Å². The molecule has 10 heteroatoms. The number of imidazole rings is 1. The van der Waals surface area contributed by atoms with Gasteiger partial charge < -0.3 is 9.88 Å². The Morgan fingerprint density at radius 1 is 1.16 bits per heavy atom. The van der Waals surface area contributed by atoms with Crippen molar-refractivity contribution in [1.29, 1.82) is 0 Å². The van der Waals surface area contributed by atoms with Gasteiger partial charge in [0.15, 0.2) is 5.03 Å². The van der Waals surface area contributed by atoms with Crippen LogP contribution in [0.15, 0.2) is 35.7 Å². The zero-order chi connectivity index (χ0) is 18.0. The molecule has 1 aliphatic rings. The normalized spacial score (nSPS) is 16.6. The van der Waals surface area contributed by atoms with Crippen LogP contribution >= 0.6 is 23.2 Å². The number of halogens is 2. The molecule has 3 rings (SSSR count). The van der Waals surface area contributed by atoms with Gasteiger partial charge in [0.25, 0.3) is 15.9 Å². The van der Waals surface area contributed by atoms with E-state index in [1.165, 1.54) is 22.9 Å². The van der Waals surface area contributed by atoms with E-state index >= 15 is 0 Å². The van der Waals surface area contributed by atoms with E-state index in [1.807, 2.05) is 0 Å². The van der Waals surface area contributed by atoms with Gasteiger partial charge in [0, 0.05) is 31.2 Å². The molecule has 2 aromatic rings. The standard InChI is InChI=1S/C15H16Cl2N4O3S/c16-11-2-3-13(17)12(8-11)15(22)20-4-1-5-21(7-6-20)25(23,24)14-9-18-10-19-14/h2-3,8-10H,1,4-7H2,(H,18,19). The van der Waals surface area contributed by atoms with Crippen molar-refractivity contribution in [3.63, 3.8) is 0 Å². The quantitative estimate of drug-likeness (QED) is 0.852. The van der Waals surface area contributed by atoms with Crippen LogP contribution in [0.1, 0.15) is 16.8 Å². The molecule has 1 saturated heterocycles. The van der Waals surface area contributed by atoms with Crippen molar-refractivity contribution in [3.05, 3.63) is 46.3 Å². The highest BCUT2D eigenvalue weighted by molar-refractivity contribution is 7.89. The SMILES string of the molecule is O=C(c1cc(Cl)ccc1Cl)N1CCCN(S(=O)(=O)c2cnc[nH]2)CC1. The van der Waals surface area contributed by atoms with E-state index in [2.05, 4.69) is 9.97 Å². The Hall–Kier alpha value is -1.61. The molecule has 1 aliphatic heterocycles. The zero-order valence-electron chi connectivity index (χ0n) is 13.2. The van der Waals surface area contributed by atoms with Crippen molar-refractivity contribution in [2.45, 2.75) is 11.4 Å². The van der Waals surface area contributed by atoms with Gasteiger partial charge in [-0.3, -0.25) is 4.79 Å². The van der Waals surface area contributed by atoms with Crippen LogP contribution in [0.2, 0.25) is 10.0 Å². The number of aromatic amines is 1. The summed E-state index contributed by atoms with van der Waals surface area (Å²) < 4.78 is 26.5. The van der Waals surface area contributed by atoms with Gasteiger partial charge in [-0.05, 0) is 24.6 Å². The first kappa shape index (κ1) is 18.2. The second kappa shape index (κ2) is 7.33. The minimum absolute atomic E-state index is 0.0464. The van der Waals surface area contributed by atoms with E-state index in [4.69, 9.17) is 23.2 Å². The van der Waals surface area contributed by atoms with Crippen molar-refractivity contribution < 1.29 is 13.2 Å². The Labute approximate surface area is 155 Å². The van der Waals surface area contributed by atoms with Crippen LogP contribution in [0.4, 0.5) is 0 Å². The molecule has 1 amide bonds. The molecule has 7 nitrogen and oxygen atoms in total. The Bertz CT molecular complexity index is 871. The Balaban J connectivity index is 1.76. The molecule has 0 aliphatic carbocycles. The Morgan fingerprint density at radius 3 is 2.68 bits per heavy atom. The number of carbonyl (C=O) groups is 1. The minimum Gasteiger partial charge on any atom is -0.337 e. The lowest BCUT2D eigenvalue weighted by Gasteiger charge is -2.22. The third-order valence-corrected chi connectivity index (χ3v) is 6.38. The zero-order valence-corrected chi connectivity index (χ0v) is 15.5. The van der Waals surface area contributed by atoms with Crippen LogP contribution in [-0.2, 0) is 10.0 Å². The highest BCUT2D eigenvalue weighted by Gasteiger charge is 2.29. The average Bonchev–Trinajstić information content (AvgIpc) is 3.01. The topological polar surface area (TPSA) is 86.4 Å². The van der Waals surface area contributed by atoms with E-state index in [-0.39, 0.29) is 24.0 Å². The van der Waals surface area contributed by atoms with Gasteiger partial charge >= 0.3 is 0 Å². The third-order valence-electron chi connectivity index (χ3n) is 3.99. The number of rotatable bonds is 3. The van der Waals surface area contributed by atoms with Crippen molar-refractivity contribution in [2.24, 2.45) is 0 Å². The fourth-order valence-corrected chi connectivity index (χ4v) is 4.43. The first-order valence-electron chi connectivity index (χ1n) is 7.62. The number of carbonyl (C=O) groups excluding carboxylic acids is 1. The second-order valence-electron chi connectivity index (χ2n) is 5.59. The first-order valence-corrected chi connectivity index (χ1v) is 9.82. The molecule has 0 radical (unpaired) electrons. The number of amides is 1. The molecule has 2 heterocycles. The monoisotopic (exact) mass is 402 g/mol. The van der Waals surface area contributed by atoms with Crippen LogP contribution in [0, 0.1) is 0 Å². The van der Waals surface area contributed by atoms with Gasteiger partial charge in [-0.25, -0.2) is 13.4 Å². The van der Waals surface area contributed by atoms with Crippen molar-refractivity contribution in [2.75, 3.05) is 26.2 Å². The fourth-order valence-electron chi connectivity index (χ4n) is 2.69. The number of hydrogen-bond acceptors (Lipinski definition) is 4. The van der Waals surface area contributed by atoms with Gasteiger partial charge in [-0.15, -0.1) is 0 Å². The first-order chi connectivity index (χ1) is 11.9. The summed E-state index contributed by atoms with van der Waals surface area (Å²) in [4.78, 5) is 20.7. The smallest absolute Gasteiger partial charge is 0.260 e. The number of H-pyrrole nitrogens is 1. The number of hydrogen-bond donors (Lipinski definition) is 1. The average molecular weight is 403 g/mol. The maximum absolute atomic E-state index is 12.7.